The highest BCUT2D eigenvalue weighted by molar-refractivity contribution is 5.87. The highest BCUT2D eigenvalue weighted by Crippen LogP contribution is 2.44. The molecule has 0 spiro atoms. The molecule has 0 saturated carbocycles. The van der Waals surface area contributed by atoms with Crippen LogP contribution in [0.15, 0.2) is 72.8 Å². The number of amides is 2. The summed E-state index contributed by atoms with van der Waals surface area (Å²) < 4.78 is 18.0. The van der Waals surface area contributed by atoms with Crippen molar-refractivity contribution < 1.29 is 23.8 Å². The van der Waals surface area contributed by atoms with Gasteiger partial charge in [0.05, 0.1) is 6.04 Å². The van der Waals surface area contributed by atoms with Crippen molar-refractivity contribution in [3.63, 3.8) is 0 Å². The van der Waals surface area contributed by atoms with Gasteiger partial charge in [0.15, 0.2) is 0 Å². The molecule has 2 amide bonds. The second kappa shape index (κ2) is 11.4. The van der Waals surface area contributed by atoms with Crippen molar-refractivity contribution >= 4 is 12.0 Å². The third-order valence-corrected chi connectivity index (χ3v) is 7.02. The van der Waals surface area contributed by atoms with Gasteiger partial charge >= 0.3 is 6.09 Å². The summed E-state index contributed by atoms with van der Waals surface area (Å²) >= 11 is 0. The Morgan fingerprint density at radius 1 is 0.923 bits per heavy atom. The van der Waals surface area contributed by atoms with E-state index in [2.05, 4.69) is 11.4 Å². The molecule has 0 aliphatic carbocycles. The maximum absolute atomic E-state index is 13.5. The Bertz CT molecular complexity index is 1300. The Labute approximate surface area is 230 Å². The molecule has 0 bridgehead atoms. The van der Waals surface area contributed by atoms with E-state index < -0.39 is 17.7 Å². The number of carbonyl (C=O) groups excluding carboxylic acids is 2. The lowest BCUT2D eigenvalue weighted by atomic mass is 9.84. The zero-order valence-electron chi connectivity index (χ0n) is 22.8. The van der Waals surface area contributed by atoms with E-state index in [9.17, 15) is 9.59 Å². The quantitative estimate of drug-likeness (QED) is 0.410. The van der Waals surface area contributed by atoms with Gasteiger partial charge in [0.1, 0.15) is 36.4 Å². The fourth-order valence-electron chi connectivity index (χ4n) is 5.27. The van der Waals surface area contributed by atoms with Crippen LogP contribution in [-0.4, -0.2) is 35.1 Å². The van der Waals surface area contributed by atoms with Crippen LogP contribution < -0.4 is 14.8 Å². The number of piperidine rings is 1. The van der Waals surface area contributed by atoms with Gasteiger partial charge in [-0.2, -0.15) is 0 Å². The molecule has 3 aromatic carbocycles. The van der Waals surface area contributed by atoms with E-state index in [0.29, 0.717) is 39.0 Å². The van der Waals surface area contributed by atoms with Crippen molar-refractivity contribution in [3.8, 4) is 11.5 Å². The Morgan fingerprint density at radius 3 is 2.21 bits per heavy atom. The van der Waals surface area contributed by atoms with Crippen molar-refractivity contribution in [2.75, 3.05) is 6.54 Å². The molecule has 1 saturated heterocycles. The number of hydrogen-bond acceptors (Lipinski definition) is 5. The SMILES string of the molecule is CC(C)(C)OC(=O)N[C@H]1CC[C@@H]2c3c(cc(OCc4ccccc4)cc3OCc3ccccc3)CCN2C1=O. The molecule has 1 N–H and O–H groups in total. The standard InChI is InChI=1S/C32H36N2O5/c1-32(2,3)39-31(36)33-26-14-15-27-29-24(16-17-34(27)30(26)35)18-25(37-20-22-10-6-4-7-11-22)19-28(29)38-21-23-12-8-5-9-13-23/h4-13,18-19,26-27H,14-17,20-21H2,1-3H3,(H,33,36)/t26-,27+/m0/s1. The van der Waals surface area contributed by atoms with Crippen molar-refractivity contribution in [2.24, 2.45) is 0 Å². The van der Waals surface area contributed by atoms with E-state index in [0.717, 1.165) is 33.8 Å². The summed E-state index contributed by atoms with van der Waals surface area (Å²) in [6.45, 7) is 6.87. The number of fused-ring (bicyclic) bond motifs is 3. The Morgan fingerprint density at radius 2 is 1.56 bits per heavy atom. The van der Waals surface area contributed by atoms with Crippen LogP contribution >= 0.6 is 0 Å². The molecule has 3 aromatic rings. The van der Waals surface area contributed by atoms with Crippen LogP contribution in [0.5, 0.6) is 11.5 Å². The molecule has 0 radical (unpaired) electrons. The molecular weight excluding hydrogens is 492 g/mol. The van der Waals surface area contributed by atoms with E-state index in [1.54, 1.807) is 0 Å². The topological polar surface area (TPSA) is 77.1 Å². The number of carbonyl (C=O) groups is 2. The molecule has 2 aliphatic heterocycles. The Hall–Kier alpha value is -4.00. The molecule has 5 rings (SSSR count). The van der Waals surface area contributed by atoms with Crippen LogP contribution in [0.25, 0.3) is 0 Å². The third-order valence-electron chi connectivity index (χ3n) is 7.02. The molecule has 7 nitrogen and oxygen atoms in total. The summed E-state index contributed by atoms with van der Waals surface area (Å²) in [5.74, 6) is 1.40. The molecule has 2 atom stereocenters. The average Bonchev–Trinajstić information content (AvgIpc) is 2.92. The van der Waals surface area contributed by atoms with Crippen LogP contribution in [0.2, 0.25) is 0 Å². The number of rotatable bonds is 7. The first-order chi connectivity index (χ1) is 18.8. The summed E-state index contributed by atoms with van der Waals surface area (Å²) in [6.07, 6.45) is 1.36. The lowest BCUT2D eigenvalue weighted by Gasteiger charge is -2.44. The number of ether oxygens (including phenoxy) is 3. The summed E-state index contributed by atoms with van der Waals surface area (Å²) in [5, 5.41) is 2.78. The highest BCUT2D eigenvalue weighted by Gasteiger charge is 2.41. The van der Waals surface area contributed by atoms with Crippen molar-refractivity contribution in [3.05, 3.63) is 95.1 Å². The summed E-state index contributed by atoms with van der Waals surface area (Å²) in [5.41, 5.74) is 3.70. The van der Waals surface area contributed by atoms with Crippen molar-refractivity contribution in [1.29, 1.82) is 0 Å². The number of alkyl carbamates (subject to hydrolysis) is 1. The fraction of sp³-hybridized carbons (Fsp3) is 0.375. The lowest BCUT2D eigenvalue weighted by molar-refractivity contribution is -0.140. The largest absolute Gasteiger partial charge is 0.489 e. The summed E-state index contributed by atoms with van der Waals surface area (Å²) in [7, 11) is 0. The van der Waals surface area contributed by atoms with Crippen molar-refractivity contribution in [1.82, 2.24) is 10.2 Å². The maximum Gasteiger partial charge on any atom is 0.408 e. The third kappa shape index (κ3) is 6.53. The van der Waals surface area contributed by atoms with Crippen LogP contribution in [0.4, 0.5) is 4.79 Å². The zero-order valence-corrected chi connectivity index (χ0v) is 22.8. The Balaban J connectivity index is 1.38. The van der Waals surface area contributed by atoms with E-state index >= 15 is 0 Å². The number of nitrogens with zero attached hydrogens (tertiary/aromatic N) is 1. The maximum atomic E-state index is 13.5. The molecule has 39 heavy (non-hydrogen) atoms. The first-order valence-corrected chi connectivity index (χ1v) is 13.6. The molecular formula is C32H36N2O5. The van der Waals surface area contributed by atoms with Gasteiger partial charge in [-0.3, -0.25) is 4.79 Å². The second-order valence-electron chi connectivity index (χ2n) is 11.1. The molecule has 2 heterocycles. The van der Waals surface area contributed by atoms with Gasteiger partial charge in [0, 0.05) is 18.2 Å². The van der Waals surface area contributed by atoms with Gasteiger partial charge in [0.25, 0.3) is 0 Å². The minimum Gasteiger partial charge on any atom is -0.489 e. The second-order valence-corrected chi connectivity index (χ2v) is 11.1. The zero-order chi connectivity index (χ0) is 27.4. The minimum atomic E-state index is -0.625. The molecule has 7 heteroatoms. The smallest absolute Gasteiger partial charge is 0.408 e. The molecule has 1 fully saturated rings. The van der Waals surface area contributed by atoms with E-state index in [-0.39, 0.29) is 11.9 Å². The van der Waals surface area contributed by atoms with E-state index in [1.807, 2.05) is 92.4 Å². The van der Waals surface area contributed by atoms with Crippen LogP contribution in [0, 0.1) is 0 Å². The molecule has 204 valence electrons. The predicted molar refractivity (Wildman–Crippen MR) is 149 cm³/mol. The van der Waals surface area contributed by atoms with Crippen LogP contribution in [0.1, 0.15) is 61.9 Å². The summed E-state index contributed by atoms with van der Waals surface area (Å²) in [6, 6.07) is 23.4. The monoisotopic (exact) mass is 528 g/mol. The lowest BCUT2D eigenvalue weighted by Crippen LogP contribution is -2.55. The highest BCUT2D eigenvalue weighted by atomic mass is 16.6. The fourth-order valence-corrected chi connectivity index (χ4v) is 5.27. The van der Waals surface area contributed by atoms with Gasteiger partial charge in [-0.15, -0.1) is 0 Å². The van der Waals surface area contributed by atoms with Crippen LogP contribution in [-0.2, 0) is 29.2 Å². The molecule has 2 aliphatic rings. The minimum absolute atomic E-state index is 0.0822. The predicted octanol–water partition coefficient (Wildman–Crippen LogP) is 5.96. The Kier molecular flexibility index (Phi) is 7.77. The average molecular weight is 529 g/mol. The first kappa shape index (κ1) is 26.6. The van der Waals surface area contributed by atoms with Crippen LogP contribution in [0.3, 0.4) is 0 Å². The number of nitrogens with one attached hydrogen (secondary N) is 1. The van der Waals surface area contributed by atoms with E-state index in [4.69, 9.17) is 14.2 Å². The van der Waals surface area contributed by atoms with E-state index in [1.165, 1.54) is 0 Å². The normalized spacial score (nSPS) is 18.5. The molecule has 0 aromatic heterocycles. The van der Waals surface area contributed by atoms with Gasteiger partial charge in [-0.1, -0.05) is 60.7 Å². The van der Waals surface area contributed by atoms with Gasteiger partial charge < -0.3 is 24.4 Å². The first-order valence-electron chi connectivity index (χ1n) is 13.6. The number of benzene rings is 3. The number of hydrogen-bond donors (Lipinski definition) is 1. The van der Waals surface area contributed by atoms with Gasteiger partial charge in [-0.25, -0.2) is 4.79 Å². The van der Waals surface area contributed by atoms with Gasteiger partial charge in [0.2, 0.25) is 5.91 Å². The van der Waals surface area contributed by atoms with Gasteiger partial charge in [-0.05, 0) is 62.8 Å². The van der Waals surface area contributed by atoms with Crippen molar-refractivity contribution in [2.45, 2.75) is 70.9 Å². The molecule has 0 unspecified atom stereocenters. The summed E-state index contributed by atoms with van der Waals surface area (Å²) in [4.78, 5) is 27.7.